The molecule has 2 aromatic carbocycles. The number of halogens is 2. The number of thiophene rings is 2. The first kappa shape index (κ1) is 37.2. The smallest absolute Gasteiger partial charge is 0.182 e. The first-order valence-corrected chi connectivity index (χ1v) is 19.0. The molecule has 0 fully saturated rings. The highest BCUT2D eigenvalue weighted by Crippen LogP contribution is 2.43. The SMILES string of the molecule is CC(C)(C)C1=CC(=C(N=Nc2ccccc2Cl)c2ccc(-c3ccc(C(N=Nc4ccccc4Cl)=C4C=CC(=O)C(C(C)(C)C)=C4)s3)s2)C=CC1=O. The lowest BCUT2D eigenvalue weighted by Gasteiger charge is -2.23. The number of benzene rings is 2. The van der Waals surface area contributed by atoms with Crippen molar-refractivity contribution in [3.05, 3.63) is 151 Å². The molecule has 10 heteroatoms. The van der Waals surface area contributed by atoms with E-state index in [0.29, 0.717) is 44.0 Å². The Morgan fingerprint density at radius 3 is 1.29 bits per heavy atom. The molecule has 4 aromatic rings. The van der Waals surface area contributed by atoms with Crippen LogP contribution in [0.25, 0.3) is 21.1 Å². The number of hydrogen-bond acceptors (Lipinski definition) is 8. The molecular formula is C42H36Cl2N4O2S2. The van der Waals surface area contributed by atoms with Gasteiger partial charge in [0.25, 0.3) is 0 Å². The number of allylic oxidation sites excluding steroid dienone is 10. The van der Waals surface area contributed by atoms with Crippen LogP contribution in [-0.2, 0) is 9.59 Å². The second-order valence-corrected chi connectivity index (χ2v) is 17.2. The zero-order valence-corrected chi connectivity index (χ0v) is 32.7. The molecule has 0 radical (unpaired) electrons. The van der Waals surface area contributed by atoms with Gasteiger partial charge < -0.3 is 0 Å². The van der Waals surface area contributed by atoms with Crippen molar-refractivity contribution in [2.24, 2.45) is 31.3 Å². The Labute approximate surface area is 322 Å². The maximum atomic E-state index is 12.9. The summed E-state index contributed by atoms with van der Waals surface area (Å²) in [5.74, 6) is -0.0373. The van der Waals surface area contributed by atoms with Gasteiger partial charge in [-0.2, -0.15) is 0 Å². The molecule has 6 nitrogen and oxygen atoms in total. The summed E-state index contributed by atoms with van der Waals surface area (Å²) in [5, 5.41) is 19.5. The third kappa shape index (κ3) is 8.37. The van der Waals surface area contributed by atoms with E-state index in [1.54, 1.807) is 59.1 Å². The summed E-state index contributed by atoms with van der Waals surface area (Å²) in [5.41, 5.74) is 4.61. The molecule has 2 aliphatic rings. The molecule has 0 saturated carbocycles. The summed E-state index contributed by atoms with van der Waals surface area (Å²) < 4.78 is 0. The third-order valence-corrected chi connectivity index (χ3v) is 11.3. The van der Waals surface area contributed by atoms with Crippen LogP contribution in [0.1, 0.15) is 51.3 Å². The van der Waals surface area contributed by atoms with Gasteiger partial charge in [-0.25, -0.2) is 0 Å². The highest BCUT2D eigenvalue weighted by atomic mass is 35.5. The average Bonchev–Trinajstić information content (AvgIpc) is 3.78. The molecule has 0 amide bonds. The summed E-state index contributed by atoms with van der Waals surface area (Å²) >= 11 is 16.0. The Morgan fingerprint density at radius 2 is 0.923 bits per heavy atom. The fraction of sp³-hybridized carbons (Fsp3) is 0.190. The quantitative estimate of drug-likeness (QED) is 0.176. The predicted octanol–water partition coefficient (Wildman–Crippen LogP) is 14.0. The van der Waals surface area contributed by atoms with Gasteiger partial charge in [0.2, 0.25) is 0 Å². The van der Waals surface area contributed by atoms with E-state index in [-0.39, 0.29) is 22.4 Å². The van der Waals surface area contributed by atoms with E-state index >= 15 is 0 Å². The fourth-order valence-corrected chi connectivity index (χ4v) is 7.96. The zero-order valence-electron chi connectivity index (χ0n) is 29.6. The first-order chi connectivity index (χ1) is 24.7. The van der Waals surface area contributed by atoms with Crippen LogP contribution in [0.3, 0.4) is 0 Å². The maximum absolute atomic E-state index is 12.9. The van der Waals surface area contributed by atoms with Gasteiger partial charge in [-0.3, -0.25) is 9.59 Å². The lowest BCUT2D eigenvalue weighted by atomic mass is 9.80. The van der Waals surface area contributed by atoms with Crippen molar-refractivity contribution in [3.8, 4) is 9.75 Å². The predicted molar refractivity (Wildman–Crippen MR) is 217 cm³/mol. The Bertz CT molecular complexity index is 2170. The minimum atomic E-state index is -0.356. The van der Waals surface area contributed by atoms with Gasteiger partial charge in [0.15, 0.2) is 11.6 Å². The lowest BCUT2D eigenvalue weighted by molar-refractivity contribution is -0.113. The first-order valence-electron chi connectivity index (χ1n) is 16.6. The van der Waals surface area contributed by atoms with Gasteiger partial charge in [0, 0.05) is 32.0 Å². The molecule has 0 aliphatic heterocycles. The minimum absolute atomic E-state index is 0.0186. The van der Waals surface area contributed by atoms with E-state index in [1.807, 2.05) is 102 Å². The third-order valence-electron chi connectivity index (χ3n) is 8.26. The van der Waals surface area contributed by atoms with Gasteiger partial charge in [-0.15, -0.1) is 43.1 Å². The molecule has 0 N–H and O–H groups in total. The second kappa shape index (κ2) is 15.2. The van der Waals surface area contributed by atoms with E-state index < -0.39 is 0 Å². The fourth-order valence-electron chi connectivity index (χ4n) is 5.49. The molecule has 52 heavy (non-hydrogen) atoms. The van der Waals surface area contributed by atoms with Crippen LogP contribution in [0, 0.1) is 10.8 Å². The van der Waals surface area contributed by atoms with Crippen LogP contribution in [0.2, 0.25) is 10.0 Å². The van der Waals surface area contributed by atoms with Crippen LogP contribution in [0.4, 0.5) is 11.4 Å². The number of azo groups is 2. The number of carbonyl (C=O) groups is 2. The number of hydrogen-bond donors (Lipinski definition) is 0. The van der Waals surface area contributed by atoms with Gasteiger partial charge >= 0.3 is 0 Å². The van der Waals surface area contributed by atoms with Crippen LogP contribution in [-0.4, -0.2) is 11.6 Å². The highest BCUT2D eigenvalue weighted by molar-refractivity contribution is 7.23. The van der Waals surface area contributed by atoms with Gasteiger partial charge in [0.1, 0.15) is 22.8 Å². The summed E-state index contributed by atoms with van der Waals surface area (Å²) in [6.07, 6.45) is 10.6. The van der Waals surface area contributed by atoms with Crippen molar-refractivity contribution in [3.63, 3.8) is 0 Å². The van der Waals surface area contributed by atoms with Crippen molar-refractivity contribution >= 4 is 80.2 Å². The van der Waals surface area contributed by atoms with E-state index in [9.17, 15) is 9.59 Å². The van der Waals surface area contributed by atoms with Gasteiger partial charge in [-0.1, -0.05) is 89.0 Å². The lowest BCUT2D eigenvalue weighted by Crippen LogP contribution is -2.18. The van der Waals surface area contributed by atoms with Crippen molar-refractivity contribution < 1.29 is 9.59 Å². The Hall–Kier alpha value is -4.60. The molecule has 262 valence electrons. The summed E-state index contributed by atoms with van der Waals surface area (Å²) in [6, 6.07) is 22.7. The largest absolute Gasteiger partial charge is 0.290 e. The second-order valence-electron chi connectivity index (χ2n) is 14.2. The standard InChI is InChI=1S/C42H36Cl2N4O2S2/c1-41(2,3)27-23-25(15-17-33(27)49)39(47-45-31-13-9-7-11-29(31)43)37-21-19-35(51-37)36-20-22-38(52-36)40(48-46-32-14-10-8-12-30(32)44)26-16-18-34(50)28(24-26)42(4,5)6/h7-24H,1-6H3. The molecule has 2 aliphatic carbocycles. The van der Waals surface area contributed by atoms with Crippen LogP contribution < -0.4 is 0 Å². The monoisotopic (exact) mass is 762 g/mol. The molecule has 0 saturated heterocycles. The highest BCUT2D eigenvalue weighted by Gasteiger charge is 2.27. The van der Waals surface area contributed by atoms with Gasteiger partial charge in [0.05, 0.1) is 19.8 Å². The number of nitrogens with zero attached hydrogens (tertiary/aromatic N) is 4. The molecule has 6 rings (SSSR count). The molecule has 0 unspecified atom stereocenters. The molecule has 0 atom stereocenters. The Balaban J connectivity index is 1.44. The zero-order chi connectivity index (χ0) is 37.2. The van der Waals surface area contributed by atoms with Crippen molar-refractivity contribution in [2.45, 2.75) is 41.5 Å². The number of rotatable bonds is 7. The normalized spacial score (nSPS) is 17.3. The van der Waals surface area contributed by atoms with E-state index in [2.05, 4.69) is 22.4 Å². The Kier molecular flexibility index (Phi) is 10.8. The van der Waals surface area contributed by atoms with Crippen LogP contribution >= 0.6 is 45.9 Å². The van der Waals surface area contributed by atoms with Crippen LogP contribution in [0.5, 0.6) is 0 Å². The van der Waals surface area contributed by atoms with Gasteiger partial charge in [-0.05, 0) is 95.8 Å². The molecule has 0 spiro atoms. The van der Waals surface area contributed by atoms with Crippen molar-refractivity contribution in [1.82, 2.24) is 0 Å². The van der Waals surface area contributed by atoms with Crippen molar-refractivity contribution in [1.29, 1.82) is 0 Å². The topological polar surface area (TPSA) is 83.6 Å². The van der Waals surface area contributed by atoms with E-state index in [4.69, 9.17) is 33.4 Å². The molecule has 2 heterocycles. The minimum Gasteiger partial charge on any atom is -0.290 e. The molecule has 0 bridgehead atoms. The summed E-state index contributed by atoms with van der Waals surface area (Å²) in [6.45, 7) is 12.1. The van der Waals surface area contributed by atoms with E-state index in [0.717, 1.165) is 30.7 Å². The summed E-state index contributed by atoms with van der Waals surface area (Å²) in [7, 11) is 0. The summed E-state index contributed by atoms with van der Waals surface area (Å²) in [4.78, 5) is 29.5. The van der Waals surface area contributed by atoms with E-state index in [1.165, 1.54) is 0 Å². The van der Waals surface area contributed by atoms with Crippen molar-refractivity contribution in [2.75, 3.05) is 0 Å². The molecular weight excluding hydrogens is 728 g/mol. The maximum Gasteiger partial charge on any atom is 0.182 e. The number of ketones is 2. The molecule has 2 aromatic heterocycles. The van der Waals surface area contributed by atoms with Crippen LogP contribution in [0.15, 0.2) is 152 Å². The number of carbonyl (C=O) groups excluding carboxylic acids is 2. The Morgan fingerprint density at radius 1 is 0.538 bits per heavy atom. The average molecular weight is 764 g/mol.